The van der Waals surface area contributed by atoms with E-state index in [1.54, 1.807) is 18.2 Å². The molecule has 3 aromatic rings. The van der Waals surface area contributed by atoms with Crippen LogP contribution in [0.25, 0.3) is 0 Å². The number of carbonyl (C=O) groups excluding carboxylic acids is 2. The highest BCUT2D eigenvalue weighted by Gasteiger charge is 2.24. The van der Waals surface area contributed by atoms with Crippen molar-refractivity contribution in [2.75, 3.05) is 16.9 Å². The van der Waals surface area contributed by atoms with E-state index < -0.39 is 15.7 Å². The maximum atomic E-state index is 12.6. The van der Waals surface area contributed by atoms with E-state index in [9.17, 15) is 18.0 Å². The van der Waals surface area contributed by atoms with Crippen LogP contribution in [0.3, 0.4) is 0 Å². The van der Waals surface area contributed by atoms with E-state index in [2.05, 4.69) is 10.6 Å². The van der Waals surface area contributed by atoms with Crippen LogP contribution in [-0.4, -0.2) is 26.5 Å². The van der Waals surface area contributed by atoms with Crippen LogP contribution in [0.5, 0.6) is 0 Å². The molecule has 0 radical (unpaired) electrons. The number of rotatable bonds is 7. The maximum absolute atomic E-state index is 12.6. The van der Waals surface area contributed by atoms with Crippen molar-refractivity contribution in [1.82, 2.24) is 0 Å². The second-order valence-electron chi connectivity index (χ2n) is 8.42. The molecule has 6 nitrogen and oxygen atoms in total. The van der Waals surface area contributed by atoms with E-state index in [1.807, 2.05) is 44.2 Å². The van der Waals surface area contributed by atoms with Gasteiger partial charge in [-0.1, -0.05) is 61.8 Å². The molecule has 0 bridgehead atoms. The van der Waals surface area contributed by atoms with Gasteiger partial charge in [0.05, 0.1) is 15.6 Å². The van der Waals surface area contributed by atoms with Gasteiger partial charge in [-0.25, -0.2) is 8.42 Å². The molecule has 2 N–H and O–H groups in total. The first-order chi connectivity index (χ1) is 15.5. The minimum atomic E-state index is -3.43. The van der Waals surface area contributed by atoms with Crippen molar-refractivity contribution in [3.63, 3.8) is 0 Å². The van der Waals surface area contributed by atoms with Crippen LogP contribution in [0.4, 0.5) is 11.4 Å². The standard InChI is InChI=1S/C25H25ClN2O4S/c1-25(2,18-9-5-4-6-10-18)16-23(29)27-19-12-13-22(21(26)15-19)28-24(30)17-8-7-11-20(14-17)33(3,31)32/h4-15H,16H2,1-3H3,(H,27,29)(H,28,30). The molecule has 0 aliphatic carbocycles. The lowest BCUT2D eigenvalue weighted by Crippen LogP contribution is -2.25. The molecule has 0 unspecified atom stereocenters. The number of carbonyl (C=O) groups is 2. The van der Waals surface area contributed by atoms with Crippen LogP contribution < -0.4 is 10.6 Å². The number of hydrogen-bond acceptors (Lipinski definition) is 4. The molecule has 0 atom stereocenters. The Morgan fingerprint density at radius 3 is 2.24 bits per heavy atom. The van der Waals surface area contributed by atoms with E-state index in [1.165, 1.54) is 24.3 Å². The van der Waals surface area contributed by atoms with Crippen LogP contribution in [0.2, 0.25) is 5.02 Å². The van der Waals surface area contributed by atoms with E-state index in [0.717, 1.165) is 11.8 Å². The number of benzene rings is 3. The Kier molecular flexibility index (Phi) is 7.25. The summed E-state index contributed by atoms with van der Waals surface area (Å²) in [6.45, 7) is 4.01. The molecule has 2 amide bonds. The molecule has 0 saturated heterocycles. The van der Waals surface area contributed by atoms with Crippen LogP contribution >= 0.6 is 11.6 Å². The Balaban J connectivity index is 1.68. The zero-order valence-electron chi connectivity index (χ0n) is 18.6. The highest BCUT2D eigenvalue weighted by Crippen LogP contribution is 2.29. The van der Waals surface area contributed by atoms with Gasteiger partial charge in [0.15, 0.2) is 9.84 Å². The molecule has 0 aliphatic rings. The Morgan fingerprint density at radius 2 is 1.61 bits per heavy atom. The predicted octanol–water partition coefficient (Wildman–Crippen LogP) is 5.30. The molecular weight excluding hydrogens is 460 g/mol. The molecule has 33 heavy (non-hydrogen) atoms. The average Bonchev–Trinajstić information content (AvgIpc) is 2.75. The van der Waals surface area contributed by atoms with E-state index in [4.69, 9.17) is 11.6 Å². The van der Waals surface area contributed by atoms with Gasteiger partial charge in [-0.3, -0.25) is 9.59 Å². The summed E-state index contributed by atoms with van der Waals surface area (Å²) in [6.07, 6.45) is 1.36. The number of hydrogen-bond donors (Lipinski definition) is 2. The molecule has 0 fully saturated rings. The highest BCUT2D eigenvalue weighted by atomic mass is 35.5. The van der Waals surface area contributed by atoms with Gasteiger partial charge in [0, 0.05) is 23.9 Å². The van der Waals surface area contributed by atoms with Crippen LogP contribution in [-0.2, 0) is 20.0 Å². The monoisotopic (exact) mass is 484 g/mol. The summed E-state index contributed by atoms with van der Waals surface area (Å²) >= 11 is 6.32. The number of nitrogens with one attached hydrogen (secondary N) is 2. The molecular formula is C25H25ClN2O4S. The molecule has 3 aromatic carbocycles. The Bertz CT molecular complexity index is 1290. The van der Waals surface area contributed by atoms with Gasteiger partial charge in [-0.05, 0) is 47.4 Å². The van der Waals surface area contributed by atoms with Gasteiger partial charge in [0.1, 0.15) is 0 Å². The molecule has 172 valence electrons. The molecule has 0 saturated carbocycles. The largest absolute Gasteiger partial charge is 0.326 e. The molecule has 0 aliphatic heterocycles. The Labute approximate surface area is 198 Å². The summed E-state index contributed by atoms with van der Waals surface area (Å²) in [5, 5.41) is 5.75. The minimum Gasteiger partial charge on any atom is -0.326 e. The van der Waals surface area contributed by atoms with Crippen molar-refractivity contribution in [2.45, 2.75) is 30.6 Å². The van der Waals surface area contributed by atoms with Crippen LogP contribution in [0.15, 0.2) is 77.7 Å². The maximum Gasteiger partial charge on any atom is 0.255 e. The first-order valence-electron chi connectivity index (χ1n) is 10.2. The highest BCUT2D eigenvalue weighted by molar-refractivity contribution is 7.90. The SMILES string of the molecule is CC(C)(CC(=O)Nc1ccc(NC(=O)c2cccc(S(C)(=O)=O)c2)c(Cl)c1)c1ccccc1. The molecule has 8 heteroatoms. The van der Waals surface area contributed by atoms with Gasteiger partial charge in [-0.15, -0.1) is 0 Å². The fourth-order valence-electron chi connectivity index (χ4n) is 3.35. The summed E-state index contributed by atoms with van der Waals surface area (Å²) in [5.41, 5.74) is 1.76. The lowest BCUT2D eigenvalue weighted by Gasteiger charge is -2.24. The fourth-order valence-corrected chi connectivity index (χ4v) is 4.25. The normalized spacial score (nSPS) is 11.6. The third-order valence-electron chi connectivity index (χ3n) is 5.18. The van der Waals surface area contributed by atoms with E-state index in [0.29, 0.717) is 11.4 Å². The zero-order chi connectivity index (χ0) is 24.2. The second kappa shape index (κ2) is 9.77. The Hall–Kier alpha value is -3.16. The molecule has 3 rings (SSSR count). The van der Waals surface area contributed by atoms with Gasteiger partial charge in [0.2, 0.25) is 5.91 Å². The van der Waals surface area contributed by atoms with E-state index >= 15 is 0 Å². The third kappa shape index (κ3) is 6.43. The van der Waals surface area contributed by atoms with Crippen LogP contribution in [0, 0.1) is 0 Å². The van der Waals surface area contributed by atoms with Crippen molar-refractivity contribution < 1.29 is 18.0 Å². The lowest BCUT2D eigenvalue weighted by atomic mass is 9.81. The minimum absolute atomic E-state index is 0.0535. The van der Waals surface area contributed by atoms with Crippen molar-refractivity contribution >= 4 is 44.6 Å². The van der Waals surface area contributed by atoms with Crippen molar-refractivity contribution in [1.29, 1.82) is 0 Å². The quantitative estimate of drug-likeness (QED) is 0.475. The van der Waals surface area contributed by atoms with E-state index in [-0.39, 0.29) is 33.2 Å². The Morgan fingerprint density at radius 1 is 0.909 bits per heavy atom. The number of amides is 2. The number of sulfone groups is 1. The summed E-state index contributed by atoms with van der Waals surface area (Å²) in [5.74, 6) is -0.655. The summed E-state index contributed by atoms with van der Waals surface area (Å²) < 4.78 is 23.5. The van der Waals surface area contributed by atoms with Crippen LogP contribution in [0.1, 0.15) is 36.2 Å². The van der Waals surface area contributed by atoms with Crippen molar-refractivity contribution in [3.05, 3.63) is 88.9 Å². The van der Waals surface area contributed by atoms with Gasteiger partial charge < -0.3 is 10.6 Å². The topological polar surface area (TPSA) is 92.3 Å². The molecule has 0 spiro atoms. The third-order valence-corrected chi connectivity index (χ3v) is 6.61. The number of anilines is 2. The first-order valence-corrected chi connectivity index (χ1v) is 12.5. The summed E-state index contributed by atoms with van der Waals surface area (Å²) in [7, 11) is -3.43. The smallest absolute Gasteiger partial charge is 0.255 e. The molecule has 0 aromatic heterocycles. The predicted molar refractivity (Wildman–Crippen MR) is 132 cm³/mol. The first kappa shape index (κ1) is 24.5. The van der Waals surface area contributed by atoms with Crippen molar-refractivity contribution in [3.8, 4) is 0 Å². The average molecular weight is 485 g/mol. The summed E-state index contributed by atoms with van der Waals surface area (Å²) in [6, 6.07) is 20.3. The molecule has 0 heterocycles. The zero-order valence-corrected chi connectivity index (χ0v) is 20.1. The summed E-state index contributed by atoms with van der Waals surface area (Å²) in [4.78, 5) is 25.2. The van der Waals surface area contributed by atoms with Gasteiger partial charge in [-0.2, -0.15) is 0 Å². The number of halogens is 1. The van der Waals surface area contributed by atoms with Gasteiger partial charge in [0.25, 0.3) is 5.91 Å². The van der Waals surface area contributed by atoms with Crippen molar-refractivity contribution in [2.24, 2.45) is 0 Å². The lowest BCUT2D eigenvalue weighted by molar-refractivity contribution is -0.117. The second-order valence-corrected chi connectivity index (χ2v) is 10.8. The van der Waals surface area contributed by atoms with Gasteiger partial charge >= 0.3 is 0 Å². The fraction of sp³-hybridized carbons (Fsp3) is 0.200.